The molecule has 4 rings (SSSR count). The molecular weight excluding hydrogens is 295 g/mol. The van der Waals surface area contributed by atoms with Gasteiger partial charge >= 0.3 is 0 Å². The molecule has 4 aromatic rings. The maximum absolute atomic E-state index is 13.2. The molecule has 0 atom stereocenters. The molecule has 0 radical (unpaired) electrons. The maximum atomic E-state index is 13.2. The molecule has 2 aromatic heterocycles. The normalized spacial score (nSPS) is 10.8. The van der Waals surface area contributed by atoms with E-state index < -0.39 is 0 Å². The van der Waals surface area contributed by atoms with Crippen LogP contribution in [0.3, 0.4) is 0 Å². The summed E-state index contributed by atoms with van der Waals surface area (Å²) in [7, 11) is 0. The lowest BCUT2D eigenvalue weighted by atomic mass is 10.1. The predicted octanol–water partition coefficient (Wildman–Crippen LogP) is 4.17. The summed E-state index contributed by atoms with van der Waals surface area (Å²) in [6.07, 6.45) is 4.96. The molecule has 112 valence electrons. The van der Waals surface area contributed by atoms with Crippen molar-refractivity contribution in [3.05, 3.63) is 66.9 Å². The molecule has 2 aromatic carbocycles. The van der Waals surface area contributed by atoms with Crippen LogP contribution in [0.2, 0.25) is 0 Å². The van der Waals surface area contributed by atoms with Gasteiger partial charge in [0.25, 0.3) is 0 Å². The lowest BCUT2D eigenvalue weighted by molar-refractivity contribution is 0.420. The number of rotatable bonds is 3. The summed E-state index contributed by atoms with van der Waals surface area (Å²) < 4.78 is 18.1. The Balaban J connectivity index is 1.67. The summed E-state index contributed by atoms with van der Waals surface area (Å²) in [5, 5.41) is 7.59. The molecule has 0 saturated heterocycles. The van der Waals surface area contributed by atoms with Crippen molar-refractivity contribution in [1.82, 2.24) is 15.1 Å². The molecule has 0 fully saturated rings. The van der Waals surface area contributed by atoms with Gasteiger partial charge in [0.05, 0.1) is 11.7 Å². The van der Waals surface area contributed by atoms with Gasteiger partial charge in [0.15, 0.2) is 0 Å². The van der Waals surface area contributed by atoms with Crippen LogP contribution in [0.1, 0.15) is 0 Å². The molecule has 2 heterocycles. The molecule has 0 saturated carbocycles. The van der Waals surface area contributed by atoms with Crippen LogP contribution >= 0.6 is 0 Å². The van der Waals surface area contributed by atoms with Gasteiger partial charge in [0, 0.05) is 22.8 Å². The van der Waals surface area contributed by atoms with E-state index in [9.17, 15) is 4.39 Å². The lowest BCUT2D eigenvalue weighted by Crippen LogP contribution is -1.97. The third kappa shape index (κ3) is 2.74. The monoisotopic (exact) mass is 306 g/mol. The van der Waals surface area contributed by atoms with Gasteiger partial charge in [0.1, 0.15) is 12.1 Å². The molecular formula is C17H11FN4O. The number of hydrogen-bond acceptors (Lipinski definition) is 5. The van der Waals surface area contributed by atoms with Crippen LogP contribution in [-0.4, -0.2) is 15.1 Å². The second kappa shape index (κ2) is 5.49. The average molecular weight is 306 g/mol. The van der Waals surface area contributed by atoms with Crippen molar-refractivity contribution in [2.24, 2.45) is 0 Å². The minimum atomic E-state index is -0.311. The van der Waals surface area contributed by atoms with Gasteiger partial charge < -0.3 is 9.84 Å². The number of benzene rings is 2. The number of nitrogens with zero attached hydrogens (tertiary/aromatic N) is 3. The van der Waals surface area contributed by atoms with Crippen molar-refractivity contribution >= 4 is 22.5 Å². The van der Waals surface area contributed by atoms with Gasteiger partial charge in [-0.1, -0.05) is 17.3 Å². The number of hydrogen-bond donors (Lipinski definition) is 1. The van der Waals surface area contributed by atoms with Crippen molar-refractivity contribution in [1.29, 1.82) is 0 Å². The topological polar surface area (TPSA) is 63.8 Å². The van der Waals surface area contributed by atoms with Crippen LogP contribution in [0.25, 0.3) is 22.0 Å². The highest BCUT2D eigenvalue weighted by Gasteiger charge is 2.05. The quantitative estimate of drug-likeness (QED) is 0.615. The van der Waals surface area contributed by atoms with E-state index in [0.717, 1.165) is 22.0 Å². The molecule has 6 heteroatoms. The molecule has 5 nitrogen and oxygen atoms in total. The predicted molar refractivity (Wildman–Crippen MR) is 84.7 cm³/mol. The maximum Gasteiger partial charge on any atom is 0.227 e. The van der Waals surface area contributed by atoms with Gasteiger partial charge in [-0.3, -0.25) is 0 Å². The van der Waals surface area contributed by atoms with Crippen LogP contribution < -0.4 is 5.32 Å². The highest BCUT2D eigenvalue weighted by molar-refractivity contribution is 5.84. The molecule has 0 amide bonds. The Morgan fingerprint density at radius 3 is 2.78 bits per heavy atom. The molecule has 0 bridgehead atoms. The smallest absolute Gasteiger partial charge is 0.227 e. The second-order valence-corrected chi connectivity index (χ2v) is 5.02. The Kier molecular flexibility index (Phi) is 3.20. The Hall–Kier alpha value is -3.28. The largest absolute Gasteiger partial charge is 0.364 e. The highest BCUT2D eigenvalue weighted by atomic mass is 19.1. The van der Waals surface area contributed by atoms with Gasteiger partial charge in [0.2, 0.25) is 5.95 Å². The van der Waals surface area contributed by atoms with E-state index in [1.54, 1.807) is 30.8 Å². The van der Waals surface area contributed by atoms with E-state index in [1.807, 2.05) is 18.2 Å². The summed E-state index contributed by atoms with van der Waals surface area (Å²) in [6, 6.07) is 12.0. The molecule has 0 unspecified atom stereocenters. The summed E-state index contributed by atoms with van der Waals surface area (Å²) in [5.41, 5.74) is 3.27. The van der Waals surface area contributed by atoms with E-state index in [4.69, 9.17) is 4.52 Å². The van der Waals surface area contributed by atoms with Gasteiger partial charge in [-0.05, 0) is 35.9 Å². The Morgan fingerprint density at radius 2 is 1.96 bits per heavy atom. The van der Waals surface area contributed by atoms with Crippen LogP contribution in [0.4, 0.5) is 16.0 Å². The highest BCUT2D eigenvalue weighted by Crippen LogP contribution is 2.24. The van der Waals surface area contributed by atoms with E-state index in [1.165, 1.54) is 12.1 Å². The first-order chi connectivity index (χ1) is 11.3. The fourth-order valence-electron chi connectivity index (χ4n) is 2.32. The second-order valence-electron chi connectivity index (χ2n) is 5.02. The van der Waals surface area contributed by atoms with Crippen molar-refractivity contribution in [3.8, 4) is 11.1 Å². The molecule has 1 N–H and O–H groups in total. The van der Waals surface area contributed by atoms with Crippen LogP contribution in [0.5, 0.6) is 0 Å². The average Bonchev–Trinajstić information content (AvgIpc) is 3.09. The van der Waals surface area contributed by atoms with Gasteiger partial charge in [-0.2, -0.15) is 0 Å². The summed E-state index contributed by atoms with van der Waals surface area (Å²) in [4.78, 5) is 8.71. The zero-order chi connectivity index (χ0) is 15.6. The van der Waals surface area contributed by atoms with Gasteiger partial charge in [-0.15, -0.1) is 0 Å². The standard InChI is InChI=1S/C17H11FN4O/c18-14-2-1-3-15(7-14)21-17-19-8-12-6-11(4-5-16(12)22-17)13-9-20-23-10-13/h1-10H,(H,19,21,22). The molecule has 0 aliphatic heterocycles. The number of aromatic nitrogens is 3. The van der Waals surface area contributed by atoms with Crippen LogP contribution in [0.15, 0.2) is 65.6 Å². The van der Waals surface area contributed by atoms with E-state index >= 15 is 0 Å². The van der Waals surface area contributed by atoms with Crippen molar-refractivity contribution in [2.45, 2.75) is 0 Å². The molecule has 0 aliphatic rings. The van der Waals surface area contributed by atoms with Gasteiger partial charge in [-0.25, -0.2) is 14.4 Å². The lowest BCUT2D eigenvalue weighted by Gasteiger charge is -2.06. The molecule has 0 spiro atoms. The summed E-state index contributed by atoms with van der Waals surface area (Å²) >= 11 is 0. The van der Waals surface area contributed by atoms with Crippen LogP contribution in [-0.2, 0) is 0 Å². The SMILES string of the molecule is Fc1cccc(Nc2ncc3cc(-c4cnoc4)ccc3n2)c1. The minimum absolute atomic E-state index is 0.311. The Bertz CT molecular complexity index is 969. The molecule has 23 heavy (non-hydrogen) atoms. The molecule has 0 aliphatic carbocycles. The Labute approximate surface area is 130 Å². The first-order valence-corrected chi connectivity index (χ1v) is 6.97. The minimum Gasteiger partial charge on any atom is -0.364 e. The fraction of sp³-hybridized carbons (Fsp3) is 0. The zero-order valence-corrected chi connectivity index (χ0v) is 11.9. The fourth-order valence-corrected chi connectivity index (χ4v) is 2.32. The van der Waals surface area contributed by atoms with Crippen molar-refractivity contribution in [2.75, 3.05) is 5.32 Å². The Morgan fingerprint density at radius 1 is 1.00 bits per heavy atom. The van der Waals surface area contributed by atoms with E-state index in [-0.39, 0.29) is 5.82 Å². The third-order valence-electron chi connectivity index (χ3n) is 3.43. The summed E-state index contributed by atoms with van der Waals surface area (Å²) in [5.74, 6) is 0.106. The summed E-state index contributed by atoms with van der Waals surface area (Å²) in [6.45, 7) is 0. The van der Waals surface area contributed by atoms with E-state index in [2.05, 4.69) is 20.4 Å². The van der Waals surface area contributed by atoms with Crippen molar-refractivity contribution in [3.63, 3.8) is 0 Å². The number of halogens is 1. The zero-order valence-electron chi connectivity index (χ0n) is 11.9. The third-order valence-corrected chi connectivity index (χ3v) is 3.43. The first-order valence-electron chi connectivity index (χ1n) is 6.97. The number of fused-ring (bicyclic) bond motifs is 1. The number of anilines is 2. The van der Waals surface area contributed by atoms with Crippen molar-refractivity contribution < 1.29 is 8.91 Å². The van der Waals surface area contributed by atoms with E-state index in [0.29, 0.717) is 11.6 Å². The van der Waals surface area contributed by atoms with Crippen LogP contribution in [0, 0.1) is 5.82 Å². The first kappa shape index (κ1) is 13.4. The number of nitrogens with one attached hydrogen (secondary N) is 1.